The highest BCUT2D eigenvalue weighted by molar-refractivity contribution is 5.98. The molecule has 0 saturated carbocycles. The van der Waals surface area contributed by atoms with Gasteiger partial charge < -0.3 is 4.74 Å². The monoisotopic (exact) mass is 267 g/mol. The van der Waals surface area contributed by atoms with Crippen LogP contribution in [0.5, 0.6) is 0 Å². The number of amides is 1. The maximum absolute atomic E-state index is 12.1. The number of carbonyl (C=O) groups is 1. The molecule has 1 heterocycles. The normalized spacial score (nSPS) is 13.3. The predicted molar refractivity (Wildman–Crippen MR) is 82.0 cm³/mol. The molecule has 3 heteroatoms. The zero-order valence-corrected chi connectivity index (χ0v) is 11.5. The van der Waals surface area contributed by atoms with Crippen molar-refractivity contribution in [1.29, 1.82) is 0 Å². The lowest BCUT2D eigenvalue weighted by molar-refractivity contribution is 0.154. The van der Waals surface area contributed by atoms with E-state index in [-0.39, 0.29) is 6.09 Å². The highest BCUT2D eigenvalue weighted by Crippen LogP contribution is 2.31. The van der Waals surface area contributed by atoms with Crippen molar-refractivity contribution in [2.45, 2.75) is 13.3 Å². The van der Waals surface area contributed by atoms with Crippen LogP contribution in [0.3, 0.4) is 0 Å². The molecule has 0 atom stereocenters. The number of anilines is 1. The van der Waals surface area contributed by atoms with Crippen molar-refractivity contribution in [3.05, 3.63) is 48.0 Å². The Morgan fingerprint density at radius 1 is 1.25 bits per heavy atom. The number of ether oxygens (including phenoxy) is 1. The van der Waals surface area contributed by atoms with Gasteiger partial charge in [0.05, 0.1) is 12.3 Å². The third-order valence-corrected chi connectivity index (χ3v) is 3.42. The maximum atomic E-state index is 12.1. The van der Waals surface area contributed by atoms with Gasteiger partial charge in [0.25, 0.3) is 0 Å². The molecular formula is C17H17NO2. The van der Waals surface area contributed by atoms with Gasteiger partial charge in [0, 0.05) is 6.54 Å². The van der Waals surface area contributed by atoms with Gasteiger partial charge in [-0.1, -0.05) is 43.3 Å². The summed E-state index contributed by atoms with van der Waals surface area (Å²) in [5.74, 6) is 0. The molecule has 0 N–H and O–H groups in total. The molecule has 0 saturated heterocycles. The molecule has 2 aromatic carbocycles. The molecule has 1 aliphatic rings. The highest BCUT2D eigenvalue weighted by Gasteiger charge is 2.21. The average molecular weight is 267 g/mol. The summed E-state index contributed by atoms with van der Waals surface area (Å²) in [7, 11) is 0. The molecule has 0 spiro atoms. The molecule has 0 bridgehead atoms. The van der Waals surface area contributed by atoms with Gasteiger partial charge in [-0.2, -0.15) is 0 Å². The SMILES string of the molecule is CCCOC(=O)N1CC=Cc2cc3ccccc3cc21. The minimum atomic E-state index is -0.271. The third-order valence-electron chi connectivity index (χ3n) is 3.42. The van der Waals surface area contributed by atoms with Crippen molar-refractivity contribution in [3.63, 3.8) is 0 Å². The van der Waals surface area contributed by atoms with Crippen LogP contribution in [0.4, 0.5) is 10.5 Å². The maximum Gasteiger partial charge on any atom is 0.414 e. The topological polar surface area (TPSA) is 29.5 Å². The fourth-order valence-electron chi connectivity index (χ4n) is 2.44. The van der Waals surface area contributed by atoms with E-state index in [4.69, 9.17) is 4.74 Å². The molecule has 0 fully saturated rings. The smallest absolute Gasteiger partial charge is 0.414 e. The summed E-state index contributed by atoms with van der Waals surface area (Å²) in [6.07, 6.45) is 4.61. The Morgan fingerprint density at radius 2 is 2.00 bits per heavy atom. The number of fused-ring (bicyclic) bond motifs is 2. The fraction of sp³-hybridized carbons (Fsp3) is 0.235. The minimum absolute atomic E-state index is 0.271. The van der Waals surface area contributed by atoms with Crippen molar-refractivity contribution in [3.8, 4) is 0 Å². The van der Waals surface area contributed by atoms with E-state index >= 15 is 0 Å². The van der Waals surface area contributed by atoms with Crippen LogP contribution in [0.25, 0.3) is 16.8 Å². The highest BCUT2D eigenvalue weighted by atomic mass is 16.6. The number of rotatable bonds is 2. The molecule has 0 unspecified atom stereocenters. The summed E-state index contributed by atoms with van der Waals surface area (Å²) in [6, 6.07) is 12.3. The van der Waals surface area contributed by atoms with Crippen LogP contribution in [-0.4, -0.2) is 19.2 Å². The molecule has 0 radical (unpaired) electrons. The number of benzene rings is 2. The Kier molecular flexibility index (Phi) is 3.42. The zero-order chi connectivity index (χ0) is 13.9. The predicted octanol–water partition coefficient (Wildman–Crippen LogP) is 4.22. The van der Waals surface area contributed by atoms with Gasteiger partial charge in [-0.05, 0) is 34.9 Å². The Hall–Kier alpha value is -2.29. The van der Waals surface area contributed by atoms with Crippen molar-refractivity contribution in [2.24, 2.45) is 0 Å². The van der Waals surface area contributed by atoms with Crippen molar-refractivity contribution in [2.75, 3.05) is 18.1 Å². The van der Waals surface area contributed by atoms with E-state index in [2.05, 4.69) is 30.3 Å². The minimum Gasteiger partial charge on any atom is -0.449 e. The first-order valence-corrected chi connectivity index (χ1v) is 6.93. The van der Waals surface area contributed by atoms with E-state index in [9.17, 15) is 4.79 Å². The third kappa shape index (κ3) is 2.27. The van der Waals surface area contributed by atoms with E-state index in [1.165, 1.54) is 5.39 Å². The van der Waals surface area contributed by atoms with Gasteiger partial charge in [-0.15, -0.1) is 0 Å². The van der Waals surface area contributed by atoms with Gasteiger partial charge in [-0.3, -0.25) is 4.90 Å². The van der Waals surface area contributed by atoms with Gasteiger partial charge in [0.1, 0.15) is 0 Å². The summed E-state index contributed by atoms with van der Waals surface area (Å²) in [4.78, 5) is 13.8. The fourth-order valence-corrected chi connectivity index (χ4v) is 2.44. The molecule has 2 aromatic rings. The quantitative estimate of drug-likeness (QED) is 0.815. The van der Waals surface area contributed by atoms with Crippen LogP contribution in [0.15, 0.2) is 42.5 Å². The average Bonchev–Trinajstić information content (AvgIpc) is 2.50. The standard InChI is InChI=1S/C17H17NO2/c1-2-10-20-17(19)18-9-5-8-15-11-13-6-3-4-7-14(13)12-16(15)18/h3-8,11-12H,2,9-10H2,1H3. The summed E-state index contributed by atoms with van der Waals surface area (Å²) in [5, 5.41) is 2.31. The summed E-state index contributed by atoms with van der Waals surface area (Å²) < 4.78 is 5.25. The Labute approximate surface area is 118 Å². The van der Waals surface area contributed by atoms with Crippen LogP contribution < -0.4 is 4.90 Å². The number of nitrogens with zero attached hydrogens (tertiary/aromatic N) is 1. The molecule has 102 valence electrons. The van der Waals surface area contributed by atoms with Gasteiger partial charge in [0.2, 0.25) is 0 Å². The molecule has 1 amide bonds. The molecule has 0 aromatic heterocycles. The number of hydrogen-bond acceptors (Lipinski definition) is 2. The molecule has 1 aliphatic heterocycles. The largest absolute Gasteiger partial charge is 0.449 e. The van der Waals surface area contributed by atoms with Crippen LogP contribution >= 0.6 is 0 Å². The zero-order valence-electron chi connectivity index (χ0n) is 11.5. The van der Waals surface area contributed by atoms with Crippen molar-refractivity contribution >= 4 is 28.6 Å². The molecule has 0 aliphatic carbocycles. The second-order valence-corrected chi connectivity index (χ2v) is 4.89. The lowest BCUT2D eigenvalue weighted by Gasteiger charge is -2.26. The second-order valence-electron chi connectivity index (χ2n) is 4.89. The first kappa shape index (κ1) is 12.7. The van der Waals surface area contributed by atoms with E-state index < -0.39 is 0 Å². The summed E-state index contributed by atoms with van der Waals surface area (Å²) in [5.41, 5.74) is 1.98. The summed E-state index contributed by atoms with van der Waals surface area (Å²) >= 11 is 0. The first-order chi connectivity index (χ1) is 9.79. The van der Waals surface area contributed by atoms with E-state index in [1.807, 2.05) is 25.1 Å². The lowest BCUT2D eigenvalue weighted by Crippen LogP contribution is -2.33. The Morgan fingerprint density at radius 3 is 2.75 bits per heavy atom. The lowest BCUT2D eigenvalue weighted by atomic mass is 10.0. The summed E-state index contributed by atoms with van der Waals surface area (Å²) in [6.45, 7) is 3.01. The van der Waals surface area contributed by atoms with Crippen LogP contribution in [-0.2, 0) is 4.74 Å². The van der Waals surface area contributed by atoms with Crippen molar-refractivity contribution < 1.29 is 9.53 Å². The molecule has 3 nitrogen and oxygen atoms in total. The van der Waals surface area contributed by atoms with E-state index in [1.54, 1.807) is 4.90 Å². The molecular weight excluding hydrogens is 250 g/mol. The molecule has 20 heavy (non-hydrogen) atoms. The van der Waals surface area contributed by atoms with Gasteiger partial charge in [-0.25, -0.2) is 4.79 Å². The van der Waals surface area contributed by atoms with Gasteiger partial charge >= 0.3 is 6.09 Å². The van der Waals surface area contributed by atoms with Crippen LogP contribution in [0, 0.1) is 0 Å². The Bertz CT molecular complexity index is 676. The molecule has 3 rings (SSSR count). The van der Waals surface area contributed by atoms with Crippen molar-refractivity contribution in [1.82, 2.24) is 0 Å². The number of carbonyl (C=O) groups excluding carboxylic acids is 1. The second kappa shape index (κ2) is 5.37. The van der Waals surface area contributed by atoms with E-state index in [0.29, 0.717) is 13.2 Å². The van der Waals surface area contributed by atoms with E-state index in [0.717, 1.165) is 23.1 Å². The Balaban J connectivity index is 2.01. The van der Waals surface area contributed by atoms with Gasteiger partial charge in [0.15, 0.2) is 0 Å². The van der Waals surface area contributed by atoms with Crippen LogP contribution in [0.1, 0.15) is 18.9 Å². The van der Waals surface area contributed by atoms with Crippen LogP contribution in [0.2, 0.25) is 0 Å². The number of hydrogen-bond donors (Lipinski definition) is 0. The first-order valence-electron chi connectivity index (χ1n) is 6.93.